The van der Waals surface area contributed by atoms with Crippen LogP contribution < -0.4 is 10.1 Å². The molecule has 4 rings (SSSR count). The molecule has 1 N–H and O–H groups in total. The second kappa shape index (κ2) is 9.94. The Labute approximate surface area is 190 Å². The van der Waals surface area contributed by atoms with Gasteiger partial charge in [-0.05, 0) is 52.4 Å². The average Bonchev–Trinajstić information content (AvgIpc) is 3.23. The molecule has 0 aliphatic heterocycles. The molecule has 0 unspecified atom stereocenters. The molecule has 4 aromatic rings. The Morgan fingerprint density at radius 3 is 2.69 bits per heavy atom. The number of nitrogens with one attached hydrogen (secondary N) is 1. The van der Waals surface area contributed by atoms with Gasteiger partial charge in [-0.2, -0.15) is 0 Å². The number of thiophene rings is 1. The Morgan fingerprint density at radius 1 is 1.03 bits per heavy atom. The highest BCUT2D eigenvalue weighted by Crippen LogP contribution is 2.36. The van der Waals surface area contributed by atoms with E-state index in [2.05, 4.69) is 23.5 Å². The van der Waals surface area contributed by atoms with E-state index < -0.39 is 0 Å². The normalized spacial score (nSPS) is 11.0. The molecule has 1 aromatic heterocycles. The van der Waals surface area contributed by atoms with Crippen molar-refractivity contribution in [2.45, 2.75) is 6.42 Å². The van der Waals surface area contributed by atoms with Gasteiger partial charge >= 0.3 is 0 Å². The Kier molecular flexibility index (Phi) is 6.83. The van der Waals surface area contributed by atoms with E-state index in [-0.39, 0.29) is 17.5 Å². The number of methoxy groups -OCH3 is 2. The first-order valence-corrected chi connectivity index (χ1v) is 11.1. The van der Waals surface area contributed by atoms with Crippen molar-refractivity contribution in [1.82, 2.24) is 5.32 Å². The fourth-order valence-electron chi connectivity index (χ4n) is 3.64. The van der Waals surface area contributed by atoms with Gasteiger partial charge in [0.15, 0.2) is 11.6 Å². The van der Waals surface area contributed by atoms with E-state index in [4.69, 9.17) is 9.47 Å². The van der Waals surface area contributed by atoms with Gasteiger partial charge < -0.3 is 14.8 Å². The molecule has 32 heavy (non-hydrogen) atoms. The van der Waals surface area contributed by atoms with Crippen LogP contribution >= 0.6 is 11.3 Å². The second-order valence-electron chi connectivity index (χ2n) is 7.41. The number of hydrogen-bond donors (Lipinski definition) is 1. The Hall–Kier alpha value is -3.22. The van der Waals surface area contributed by atoms with Crippen molar-refractivity contribution in [3.05, 3.63) is 88.6 Å². The highest BCUT2D eigenvalue weighted by atomic mass is 32.1. The van der Waals surface area contributed by atoms with Crippen LogP contribution in [0.3, 0.4) is 0 Å². The van der Waals surface area contributed by atoms with Gasteiger partial charge in [0.2, 0.25) is 0 Å². The Morgan fingerprint density at radius 2 is 1.88 bits per heavy atom. The molecule has 0 aliphatic carbocycles. The maximum atomic E-state index is 13.7. The molecule has 0 aliphatic rings. The van der Waals surface area contributed by atoms with Gasteiger partial charge in [0.1, 0.15) is 0 Å². The number of hydrogen-bond acceptors (Lipinski definition) is 4. The molecule has 1 amide bonds. The number of carbonyl (C=O) groups is 1. The molecule has 0 bridgehead atoms. The maximum Gasteiger partial charge on any atom is 0.251 e. The summed E-state index contributed by atoms with van der Waals surface area (Å²) in [4.78, 5) is 13.6. The zero-order valence-electron chi connectivity index (χ0n) is 18.0. The standard InChI is InChI=1S/C26H24FNO3S/c1-30-12-11-28-26(29)20-7-3-5-18(15-20)22-8-4-6-19-16-21(32-25(19)22)13-17-9-10-23(27)24(14-17)31-2/h3-10,14-16H,11-13H2,1-2H3,(H,28,29). The lowest BCUT2D eigenvalue weighted by atomic mass is 10.0. The van der Waals surface area contributed by atoms with Gasteiger partial charge in [-0.25, -0.2) is 4.39 Å². The first kappa shape index (κ1) is 22.0. The quantitative estimate of drug-likeness (QED) is 0.352. The van der Waals surface area contributed by atoms with Gasteiger partial charge in [-0.15, -0.1) is 11.3 Å². The molecule has 6 heteroatoms. The third-order valence-corrected chi connectivity index (χ3v) is 6.40. The monoisotopic (exact) mass is 449 g/mol. The van der Waals surface area contributed by atoms with Crippen LogP contribution in [0.1, 0.15) is 20.8 Å². The smallest absolute Gasteiger partial charge is 0.251 e. The number of carbonyl (C=O) groups excluding carboxylic acids is 1. The first-order chi connectivity index (χ1) is 15.6. The van der Waals surface area contributed by atoms with Gasteiger partial charge in [-0.3, -0.25) is 4.79 Å². The molecule has 3 aromatic carbocycles. The minimum absolute atomic E-state index is 0.117. The third kappa shape index (κ3) is 4.82. The molecular weight excluding hydrogens is 425 g/mol. The lowest BCUT2D eigenvalue weighted by Crippen LogP contribution is -2.26. The molecule has 0 fully saturated rings. The van der Waals surface area contributed by atoms with Gasteiger partial charge in [0, 0.05) is 35.2 Å². The van der Waals surface area contributed by atoms with Crippen LogP contribution in [0.4, 0.5) is 4.39 Å². The van der Waals surface area contributed by atoms with Crippen LogP contribution in [-0.2, 0) is 11.2 Å². The highest BCUT2D eigenvalue weighted by molar-refractivity contribution is 7.19. The lowest BCUT2D eigenvalue weighted by molar-refractivity contribution is 0.0937. The molecule has 4 nitrogen and oxygen atoms in total. The highest BCUT2D eigenvalue weighted by Gasteiger charge is 2.12. The summed E-state index contributed by atoms with van der Waals surface area (Å²) < 4.78 is 25.0. The number of halogens is 1. The number of benzene rings is 3. The van der Waals surface area contributed by atoms with Gasteiger partial charge in [-0.1, -0.05) is 36.4 Å². The van der Waals surface area contributed by atoms with E-state index in [0.29, 0.717) is 25.1 Å². The van der Waals surface area contributed by atoms with Crippen molar-refractivity contribution < 1.29 is 18.7 Å². The van der Waals surface area contributed by atoms with E-state index in [9.17, 15) is 9.18 Å². The Balaban J connectivity index is 1.63. The zero-order chi connectivity index (χ0) is 22.5. The molecule has 0 radical (unpaired) electrons. The largest absolute Gasteiger partial charge is 0.494 e. The van der Waals surface area contributed by atoms with E-state index in [1.54, 1.807) is 30.6 Å². The SMILES string of the molecule is COCCNC(=O)c1cccc(-c2cccc3cc(Cc4ccc(F)c(OC)c4)sc23)c1. The van der Waals surface area contributed by atoms with Crippen LogP contribution in [-0.4, -0.2) is 33.3 Å². The summed E-state index contributed by atoms with van der Waals surface area (Å²) in [5, 5.41) is 4.01. The topological polar surface area (TPSA) is 47.6 Å². The molecule has 0 saturated heterocycles. The van der Waals surface area contributed by atoms with Gasteiger partial charge in [0.25, 0.3) is 5.91 Å². The van der Waals surface area contributed by atoms with E-state index >= 15 is 0 Å². The van der Waals surface area contributed by atoms with Crippen LogP contribution in [0.5, 0.6) is 5.75 Å². The summed E-state index contributed by atoms with van der Waals surface area (Å²) in [6.07, 6.45) is 0.692. The molecule has 1 heterocycles. The van der Waals surface area contributed by atoms with Crippen molar-refractivity contribution in [3.63, 3.8) is 0 Å². The van der Waals surface area contributed by atoms with E-state index in [1.807, 2.05) is 30.3 Å². The number of ether oxygens (including phenoxy) is 2. The molecule has 0 saturated carbocycles. The van der Waals surface area contributed by atoms with Crippen LogP contribution in [0.25, 0.3) is 21.2 Å². The maximum absolute atomic E-state index is 13.7. The van der Waals surface area contributed by atoms with Crippen molar-refractivity contribution in [1.29, 1.82) is 0 Å². The predicted molar refractivity (Wildman–Crippen MR) is 127 cm³/mol. The van der Waals surface area contributed by atoms with Crippen molar-refractivity contribution >= 4 is 27.3 Å². The summed E-state index contributed by atoms with van der Waals surface area (Å²) in [6, 6.07) is 21.0. The Bertz CT molecular complexity index is 1250. The van der Waals surface area contributed by atoms with Crippen LogP contribution in [0, 0.1) is 5.82 Å². The van der Waals surface area contributed by atoms with Gasteiger partial charge in [0.05, 0.1) is 13.7 Å². The summed E-state index contributed by atoms with van der Waals surface area (Å²) in [5.41, 5.74) is 3.69. The minimum atomic E-state index is -0.360. The predicted octanol–water partition coefficient (Wildman–Crippen LogP) is 5.68. The zero-order valence-corrected chi connectivity index (χ0v) is 18.8. The van der Waals surface area contributed by atoms with Crippen molar-refractivity contribution in [2.24, 2.45) is 0 Å². The third-order valence-electron chi connectivity index (χ3n) is 5.22. The van der Waals surface area contributed by atoms with Crippen LogP contribution in [0.15, 0.2) is 66.7 Å². The minimum Gasteiger partial charge on any atom is -0.494 e. The number of fused-ring (bicyclic) bond motifs is 1. The average molecular weight is 450 g/mol. The second-order valence-corrected chi connectivity index (χ2v) is 8.55. The summed E-state index contributed by atoms with van der Waals surface area (Å²) in [5.74, 6) is -0.223. The molecule has 0 spiro atoms. The first-order valence-electron chi connectivity index (χ1n) is 10.3. The molecule has 164 valence electrons. The van der Waals surface area contributed by atoms with E-state index in [1.165, 1.54) is 18.1 Å². The van der Waals surface area contributed by atoms with Crippen LogP contribution in [0.2, 0.25) is 0 Å². The molecule has 0 atom stereocenters. The summed E-state index contributed by atoms with van der Waals surface area (Å²) in [6.45, 7) is 0.945. The molecular formula is C26H24FNO3S. The fourth-order valence-corrected chi connectivity index (χ4v) is 4.87. The van der Waals surface area contributed by atoms with Crippen molar-refractivity contribution in [2.75, 3.05) is 27.4 Å². The van der Waals surface area contributed by atoms with Crippen molar-refractivity contribution in [3.8, 4) is 16.9 Å². The summed E-state index contributed by atoms with van der Waals surface area (Å²) in [7, 11) is 3.08. The number of amides is 1. The lowest BCUT2D eigenvalue weighted by Gasteiger charge is -2.08. The number of rotatable bonds is 8. The van der Waals surface area contributed by atoms with E-state index in [0.717, 1.165) is 26.8 Å². The fraction of sp³-hybridized carbons (Fsp3) is 0.192. The summed E-state index contributed by atoms with van der Waals surface area (Å²) >= 11 is 1.71.